The zero-order valence-electron chi connectivity index (χ0n) is 17.5. The normalized spacial score (nSPS) is 10.2. The first-order valence-corrected chi connectivity index (χ1v) is 10.3. The van der Waals surface area contributed by atoms with Crippen LogP contribution >= 0.6 is 0 Å². The summed E-state index contributed by atoms with van der Waals surface area (Å²) in [5, 5.41) is 5.65. The highest BCUT2D eigenvalue weighted by Gasteiger charge is 2.14. The predicted octanol–water partition coefficient (Wildman–Crippen LogP) is 4.54. The fraction of sp³-hybridized carbons (Fsp3) is 0.200. The van der Waals surface area contributed by atoms with Gasteiger partial charge in [-0.2, -0.15) is 0 Å². The summed E-state index contributed by atoms with van der Waals surface area (Å²) in [6.07, 6.45) is 0.837. The predicted molar refractivity (Wildman–Crippen MR) is 121 cm³/mol. The van der Waals surface area contributed by atoms with Crippen molar-refractivity contribution in [2.75, 3.05) is 25.1 Å². The average molecular weight is 418 g/mol. The van der Waals surface area contributed by atoms with Gasteiger partial charge in [-0.3, -0.25) is 9.59 Å². The fourth-order valence-electron chi connectivity index (χ4n) is 2.88. The molecule has 0 aromatic heterocycles. The van der Waals surface area contributed by atoms with Gasteiger partial charge < -0.3 is 20.1 Å². The molecule has 0 spiro atoms. The lowest BCUT2D eigenvalue weighted by Gasteiger charge is -2.12. The molecule has 0 heterocycles. The van der Waals surface area contributed by atoms with Gasteiger partial charge in [-0.25, -0.2) is 0 Å². The number of para-hydroxylation sites is 2. The Labute approximate surface area is 182 Å². The number of carbonyl (C=O) groups is 2. The summed E-state index contributed by atoms with van der Waals surface area (Å²) in [6, 6.07) is 23.3. The van der Waals surface area contributed by atoms with Crippen molar-refractivity contribution in [3.05, 3.63) is 90.0 Å². The lowest BCUT2D eigenvalue weighted by molar-refractivity contribution is 0.0954. The summed E-state index contributed by atoms with van der Waals surface area (Å²) in [6.45, 7) is 3.30. The molecule has 3 aromatic rings. The van der Waals surface area contributed by atoms with E-state index in [1.807, 2.05) is 37.3 Å². The highest BCUT2D eigenvalue weighted by Crippen LogP contribution is 2.19. The van der Waals surface area contributed by atoms with Gasteiger partial charge in [0.15, 0.2) is 0 Å². The van der Waals surface area contributed by atoms with Gasteiger partial charge in [0.25, 0.3) is 11.8 Å². The summed E-state index contributed by atoms with van der Waals surface area (Å²) in [7, 11) is 0. The lowest BCUT2D eigenvalue weighted by Crippen LogP contribution is -2.25. The Kier molecular flexibility index (Phi) is 8.05. The Hall–Kier alpha value is -3.80. The number of rotatable bonds is 10. The Balaban J connectivity index is 1.58. The van der Waals surface area contributed by atoms with Gasteiger partial charge in [-0.1, -0.05) is 43.3 Å². The molecule has 3 aromatic carbocycles. The largest absolute Gasteiger partial charge is 0.490 e. The van der Waals surface area contributed by atoms with E-state index in [0.29, 0.717) is 42.3 Å². The summed E-state index contributed by atoms with van der Waals surface area (Å²) >= 11 is 0. The topological polar surface area (TPSA) is 76.7 Å². The standard InChI is InChI=1S/C25H26N2O4/c1-2-15-26-25(29)22-13-6-7-14-23(22)27-24(28)19-9-8-12-21(18-19)31-17-16-30-20-10-4-3-5-11-20/h3-14,18H,2,15-17H2,1H3,(H,26,29)(H,27,28). The molecule has 0 atom stereocenters. The minimum atomic E-state index is -0.318. The maximum atomic E-state index is 12.7. The zero-order chi connectivity index (χ0) is 21.9. The quantitative estimate of drug-likeness (QED) is 0.474. The lowest BCUT2D eigenvalue weighted by atomic mass is 10.1. The minimum Gasteiger partial charge on any atom is -0.490 e. The van der Waals surface area contributed by atoms with E-state index in [1.54, 1.807) is 48.5 Å². The highest BCUT2D eigenvalue weighted by atomic mass is 16.5. The van der Waals surface area contributed by atoms with Crippen LogP contribution in [0, 0.1) is 0 Å². The Morgan fingerprint density at radius 1 is 0.774 bits per heavy atom. The van der Waals surface area contributed by atoms with Crippen LogP contribution in [-0.4, -0.2) is 31.6 Å². The molecule has 0 aliphatic heterocycles. The van der Waals surface area contributed by atoms with Crippen LogP contribution in [0.15, 0.2) is 78.9 Å². The van der Waals surface area contributed by atoms with Gasteiger partial charge in [0, 0.05) is 12.1 Å². The third kappa shape index (κ3) is 6.60. The molecule has 0 bridgehead atoms. The Bertz CT molecular complexity index is 1010. The van der Waals surface area contributed by atoms with Crippen molar-refractivity contribution in [2.45, 2.75) is 13.3 Å². The molecule has 2 N–H and O–H groups in total. The number of benzene rings is 3. The number of ether oxygens (including phenoxy) is 2. The molecule has 2 amide bonds. The molecule has 31 heavy (non-hydrogen) atoms. The first-order chi connectivity index (χ1) is 15.2. The molecule has 6 nitrogen and oxygen atoms in total. The van der Waals surface area contributed by atoms with Crippen LogP contribution in [0.1, 0.15) is 34.1 Å². The van der Waals surface area contributed by atoms with E-state index in [-0.39, 0.29) is 11.8 Å². The van der Waals surface area contributed by atoms with E-state index in [0.717, 1.165) is 12.2 Å². The van der Waals surface area contributed by atoms with Crippen molar-refractivity contribution in [1.82, 2.24) is 5.32 Å². The molecule has 6 heteroatoms. The molecule has 0 radical (unpaired) electrons. The third-order valence-electron chi connectivity index (χ3n) is 4.42. The molecule has 0 aliphatic rings. The first-order valence-electron chi connectivity index (χ1n) is 10.3. The van der Waals surface area contributed by atoms with E-state index in [2.05, 4.69) is 10.6 Å². The van der Waals surface area contributed by atoms with Crippen molar-refractivity contribution in [3.63, 3.8) is 0 Å². The first kappa shape index (κ1) is 21.9. The average Bonchev–Trinajstić information content (AvgIpc) is 2.81. The second-order valence-electron chi connectivity index (χ2n) is 6.79. The molecule has 0 aliphatic carbocycles. The van der Waals surface area contributed by atoms with Gasteiger partial charge >= 0.3 is 0 Å². The molecule has 0 saturated heterocycles. The smallest absolute Gasteiger partial charge is 0.255 e. The van der Waals surface area contributed by atoms with E-state index >= 15 is 0 Å². The second-order valence-corrected chi connectivity index (χ2v) is 6.79. The summed E-state index contributed by atoms with van der Waals surface area (Å²) < 4.78 is 11.3. The van der Waals surface area contributed by atoms with Gasteiger partial charge in [0.05, 0.1) is 11.3 Å². The molecular weight excluding hydrogens is 392 g/mol. The number of nitrogens with one attached hydrogen (secondary N) is 2. The van der Waals surface area contributed by atoms with E-state index < -0.39 is 0 Å². The molecular formula is C25H26N2O4. The summed E-state index contributed by atoms with van der Waals surface area (Å²) in [4.78, 5) is 25.1. The van der Waals surface area contributed by atoms with Crippen LogP contribution in [0.25, 0.3) is 0 Å². The SMILES string of the molecule is CCCNC(=O)c1ccccc1NC(=O)c1cccc(OCCOc2ccccc2)c1. The van der Waals surface area contributed by atoms with Crippen LogP contribution < -0.4 is 20.1 Å². The van der Waals surface area contributed by atoms with Crippen LogP contribution in [-0.2, 0) is 0 Å². The second kappa shape index (κ2) is 11.4. The minimum absolute atomic E-state index is 0.215. The fourth-order valence-corrected chi connectivity index (χ4v) is 2.88. The molecule has 0 saturated carbocycles. The molecule has 3 rings (SSSR count). The van der Waals surface area contributed by atoms with E-state index in [9.17, 15) is 9.59 Å². The van der Waals surface area contributed by atoms with Crippen molar-refractivity contribution in [3.8, 4) is 11.5 Å². The molecule has 0 unspecified atom stereocenters. The number of carbonyl (C=O) groups excluding carboxylic acids is 2. The zero-order valence-corrected chi connectivity index (χ0v) is 17.5. The number of anilines is 1. The third-order valence-corrected chi connectivity index (χ3v) is 4.42. The maximum absolute atomic E-state index is 12.7. The Morgan fingerprint density at radius 3 is 2.23 bits per heavy atom. The number of hydrogen-bond donors (Lipinski definition) is 2. The van der Waals surface area contributed by atoms with Gasteiger partial charge in [-0.15, -0.1) is 0 Å². The van der Waals surface area contributed by atoms with Crippen LogP contribution in [0.3, 0.4) is 0 Å². The van der Waals surface area contributed by atoms with Crippen molar-refractivity contribution in [1.29, 1.82) is 0 Å². The monoisotopic (exact) mass is 418 g/mol. The summed E-state index contributed by atoms with van der Waals surface area (Å²) in [5.41, 5.74) is 1.32. The van der Waals surface area contributed by atoms with Crippen LogP contribution in [0.2, 0.25) is 0 Å². The van der Waals surface area contributed by atoms with Crippen molar-refractivity contribution in [2.24, 2.45) is 0 Å². The van der Waals surface area contributed by atoms with Gasteiger partial charge in [0.1, 0.15) is 24.7 Å². The number of amides is 2. The van der Waals surface area contributed by atoms with Crippen molar-refractivity contribution >= 4 is 17.5 Å². The van der Waals surface area contributed by atoms with E-state index in [1.165, 1.54) is 0 Å². The molecule has 160 valence electrons. The van der Waals surface area contributed by atoms with Crippen LogP contribution in [0.5, 0.6) is 11.5 Å². The van der Waals surface area contributed by atoms with Gasteiger partial charge in [-0.05, 0) is 48.9 Å². The maximum Gasteiger partial charge on any atom is 0.255 e. The van der Waals surface area contributed by atoms with Crippen LogP contribution in [0.4, 0.5) is 5.69 Å². The van der Waals surface area contributed by atoms with Gasteiger partial charge in [0.2, 0.25) is 0 Å². The van der Waals surface area contributed by atoms with E-state index in [4.69, 9.17) is 9.47 Å². The van der Waals surface area contributed by atoms with Crippen molar-refractivity contribution < 1.29 is 19.1 Å². The number of hydrogen-bond acceptors (Lipinski definition) is 4. The highest BCUT2D eigenvalue weighted by molar-refractivity contribution is 6.09. The Morgan fingerprint density at radius 2 is 1.45 bits per heavy atom. The molecule has 0 fully saturated rings. The summed E-state index contributed by atoms with van der Waals surface area (Å²) in [5.74, 6) is 0.814.